The van der Waals surface area contributed by atoms with Crippen LogP contribution in [-0.2, 0) is 10.0 Å². The number of nitrogens with two attached hydrogens (primary N) is 1. The first-order chi connectivity index (χ1) is 21.6. The molecule has 1 aliphatic carbocycles. The molecule has 5 aromatic rings. The maximum absolute atomic E-state index is 14.0. The molecule has 232 valence electrons. The molecule has 0 bridgehead atoms. The Morgan fingerprint density at radius 3 is 2.49 bits per heavy atom. The van der Waals surface area contributed by atoms with Crippen molar-refractivity contribution in [2.75, 3.05) is 18.8 Å². The van der Waals surface area contributed by atoms with Gasteiger partial charge in [-0.15, -0.1) is 0 Å². The van der Waals surface area contributed by atoms with E-state index in [2.05, 4.69) is 34.1 Å². The number of halogens is 1. The van der Waals surface area contributed by atoms with Crippen molar-refractivity contribution in [2.45, 2.75) is 50.7 Å². The monoisotopic (exact) mass is 628 g/mol. The Bertz CT molecular complexity index is 2060. The van der Waals surface area contributed by atoms with E-state index >= 15 is 0 Å². The summed E-state index contributed by atoms with van der Waals surface area (Å²) in [5, 5.41) is 5.09. The number of sulfonamides is 1. The van der Waals surface area contributed by atoms with Crippen LogP contribution in [0.15, 0.2) is 60.9 Å². The lowest BCUT2D eigenvalue weighted by atomic mass is 9.87. The fraction of sp³-hybridized carbons (Fsp3) is 0.303. The SMILES string of the molecule is Cc1cc2cc(C(=O)c3cnn(-c4cnc(Oc5ccccc5F)cc4C)c3N)[nH]c2cc1C1CCN(S(=O)(=O)C2CC2)CC1. The van der Waals surface area contributed by atoms with Crippen molar-refractivity contribution in [3.63, 3.8) is 0 Å². The number of aryl methyl sites for hydroxylation is 2. The van der Waals surface area contributed by atoms with Gasteiger partial charge in [0.05, 0.1) is 34.6 Å². The zero-order valence-electron chi connectivity index (χ0n) is 25.0. The van der Waals surface area contributed by atoms with Crippen LogP contribution < -0.4 is 10.5 Å². The van der Waals surface area contributed by atoms with E-state index in [1.807, 2.05) is 13.0 Å². The Hall–Kier alpha value is -4.55. The molecule has 3 aromatic heterocycles. The van der Waals surface area contributed by atoms with Crippen molar-refractivity contribution in [1.29, 1.82) is 0 Å². The number of benzene rings is 2. The molecule has 10 nitrogen and oxygen atoms in total. The van der Waals surface area contributed by atoms with E-state index in [-0.39, 0.29) is 40.0 Å². The molecule has 1 aliphatic heterocycles. The van der Waals surface area contributed by atoms with Gasteiger partial charge >= 0.3 is 0 Å². The molecular weight excluding hydrogens is 595 g/mol. The maximum Gasteiger partial charge on any atom is 0.219 e. The summed E-state index contributed by atoms with van der Waals surface area (Å²) in [5.74, 6) is -0.101. The predicted octanol–water partition coefficient (Wildman–Crippen LogP) is 5.78. The van der Waals surface area contributed by atoms with Gasteiger partial charge in [-0.2, -0.15) is 5.10 Å². The number of hydrogen-bond acceptors (Lipinski definition) is 7. The highest BCUT2D eigenvalue weighted by Gasteiger charge is 2.41. The van der Waals surface area contributed by atoms with Crippen LogP contribution in [0.5, 0.6) is 11.6 Å². The van der Waals surface area contributed by atoms with Crippen LogP contribution in [0.3, 0.4) is 0 Å². The number of piperidine rings is 1. The van der Waals surface area contributed by atoms with E-state index in [9.17, 15) is 17.6 Å². The zero-order valence-corrected chi connectivity index (χ0v) is 25.8. The van der Waals surface area contributed by atoms with E-state index < -0.39 is 15.8 Å². The number of para-hydroxylation sites is 1. The van der Waals surface area contributed by atoms with Crippen LogP contribution in [0.4, 0.5) is 10.2 Å². The number of aromatic nitrogens is 4. The number of pyridine rings is 1. The molecule has 1 saturated carbocycles. The molecule has 0 atom stereocenters. The number of H-pyrrole nitrogens is 1. The quantitative estimate of drug-likeness (QED) is 0.208. The molecule has 12 heteroatoms. The van der Waals surface area contributed by atoms with Crippen molar-refractivity contribution >= 4 is 32.5 Å². The molecule has 1 saturated heterocycles. The molecule has 45 heavy (non-hydrogen) atoms. The predicted molar refractivity (Wildman–Crippen MR) is 169 cm³/mol. The fourth-order valence-electron chi connectivity index (χ4n) is 6.18. The number of nitrogens with zero attached hydrogens (tertiary/aromatic N) is 4. The summed E-state index contributed by atoms with van der Waals surface area (Å²) in [7, 11) is -3.16. The van der Waals surface area contributed by atoms with E-state index in [0.717, 1.165) is 47.7 Å². The van der Waals surface area contributed by atoms with Crippen LogP contribution in [0, 0.1) is 19.7 Å². The summed E-state index contributed by atoms with van der Waals surface area (Å²) in [5.41, 5.74) is 11.5. The summed E-state index contributed by atoms with van der Waals surface area (Å²) >= 11 is 0. The zero-order chi connectivity index (χ0) is 31.5. The highest BCUT2D eigenvalue weighted by Crippen LogP contribution is 2.37. The smallest absolute Gasteiger partial charge is 0.219 e. The second kappa shape index (κ2) is 11.1. The summed E-state index contributed by atoms with van der Waals surface area (Å²) < 4.78 is 48.1. The van der Waals surface area contributed by atoms with Gasteiger partial charge in [-0.3, -0.25) is 4.79 Å². The van der Waals surface area contributed by atoms with E-state index in [0.29, 0.717) is 24.5 Å². The lowest BCUT2D eigenvalue weighted by Crippen LogP contribution is -2.39. The number of hydrogen-bond donors (Lipinski definition) is 2. The first-order valence-corrected chi connectivity index (χ1v) is 16.5. The first kappa shape index (κ1) is 29.2. The second-order valence-corrected chi connectivity index (χ2v) is 14.1. The Morgan fingerprint density at radius 1 is 1.02 bits per heavy atom. The summed E-state index contributed by atoms with van der Waals surface area (Å²) in [6.45, 7) is 4.95. The molecular formula is C33H33FN6O4S. The normalized spacial score (nSPS) is 16.3. The van der Waals surface area contributed by atoms with E-state index in [1.165, 1.54) is 34.8 Å². The topological polar surface area (TPSA) is 136 Å². The van der Waals surface area contributed by atoms with Gasteiger partial charge in [-0.1, -0.05) is 12.1 Å². The summed E-state index contributed by atoms with van der Waals surface area (Å²) in [4.78, 5) is 21.2. The van der Waals surface area contributed by atoms with Crippen LogP contribution in [-0.4, -0.2) is 56.6 Å². The van der Waals surface area contributed by atoms with Gasteiger partial charge in [0.25, 0.3) is 0 Å². The minimum absolute atomic E-state index is 0.0639. The molecule has 2 fully saturated rings. The van der Waals surface area contributed by atoms with Crippen LogP contribution in [0.25, 0.3) is 16.6 Å². The van der Waals surface area contributed by atoms with E-state index in [1.54, 1.807) is 22.5 Å². The Kier molecular flexibility index (Phi) is 7.20. The van der Waals surface area contributed by atoms with Gasteiger partial charge in [-0.05, 0) is 92.5 Å². The van der Waals surface area contributed by atoms with Gasteiger partial charge in [0.2, 0.25) is 21.7 Å². The van der Waals surface area contributed by atoms with Crippen molar-refractivity contribution < 1.29 is 22.3 Å². The third kappa shape index (κ3) is 5.38. The van der Waals surface area contributed by atoms with Gasteiger partial charge in [0, 0.05) is 30.1 Å². The molecule has 2 aliphatic rings. The van der Waals surface area contributed by atoms with Crippen LogP contribution >= 0.6 is 0 Å². The number of ether oxygens (including phenoxy) is 1. The molecule has 0 amide bonds. The fourth-order valence-corrected chi connectivity index (χ4v) is 8.06. The number of ketones is 1. The molecule has 0 unspecified atom stereocenters. The first-order valence-electron chi connectivity index (χ1n) is 15.0. The minimum Gasteiger partial charge on any atom is -0.436 e. The third-order valence-corrected chi connectivity index (χ3v) is 11.2. The van der Waals surface area contributed by atoms with Crippen molar-refractivity contribution in [3.8, 4) is 17.3 Å². The van der Waals surface area contributed by atoms with Crippen molar-refractivity contribution in [2.24, 2.45) is 0 Å². The van der Waals surface area contributed by atoms with Gasteiger partial charge in [-0.25, -0.2) is 26.8 Å². The molecule has 2 aromatic carbocycles. The lowest BCUT2D eigenvalue weighted by molar-refractivity contribution is 0.103. The standard InChI is InChI=1S/C33H33FN6O4S/c1-19-13-22-15-28(38-27(22)16-24(19)21-9-11-39(12-10-21)45(42,43)23-7-8-23)32(41)25-17-37-40(33(25)35)29-18-36-31(14-20(29)2)44-30-6-4-3-5-26(30)34/h3-6,13-18,21,23,38H,7-12,35H2,1-2H3. The summed E-state index contributed by atoms with van der Waals surface area (Å²) in [6, 6.07) is 13.7. The van der Waals surface area contributed by atoms with E-state index in [4.69, 9.17) is 10.5 Å². The average molecular weight is 629 g/mol. The van der Waals surface area contributed by atoms with Crippen molar-refractivity contribution in [1.82, 2.24) is 24.1 Å². The number of carbonyl (C=O) groups is 1. The number of nitrogen functional groups attached to an aromatic ring is 1. The Morgan fingerprint density at radius 2 is 1.78 bits per heavy atom. The minimum atomic E-state index is -3.16. The number of anilines is 1. The molecule has 7 rings (SSSR count). The highest BCUT2D eigenvalue weighted by molar-refractivity contribution is 7.90. The second-order valence-electron chi connectivity index (χ2n) is 11.9. The summed E-state index contributed by atoms with van der Waals surface area (Å²) in [6.07, 6.45) is 6.04. The number of carbonyl (C=O) groups excluding carboxylic acids is 1. The number of fused-ring (bicyclic) bond motifs is 1. The Balaban J connectivity index is 1.10. The molecule has 4 heterocycles. The van der Waals surface area contributed by atoms with Gasteiger partial charge in [0.1, 0.15) is 5.82 Å². The number of nitrogens with one attached hydrogen (secondary N) is 1. The van der Waals surface area contributed by atoms with Gasteiger partial charge in [0.15, 0.2) is 11.6 Å². The van der Waals surface area contributed by atoms with Gasteiger partial charge < -0.3 is 15.5 Å². The largest absolute Gasteiger partial charge is 0.436 e. The third-order valence-electron chi connectivity index (χ3n) is 8.84. The number of rotatable bonds is 8. The average Bonchev–Trinajstić information content (AvgIpc) is 3.72. The van der Waals surface area contributed by atoms with Crippen LogP contribution in [0.2, 0.25) is 0 Å². The maximum atomic E-state index is 14.0. The van der Waals surface area contributed by atoms with Crippen LogP contribution in [0.1, 0.15) is 64.3 Å². The number of aromatic amines is 1. The lowest BCUT2D eigenvalue weighted by Gasteiger charge is -2.32. The molecule has 0 spiro atoms. The molecule has 3 N–H and O–H groups in total. The Labute approximate surface area is 260 Å². The highest BCUT2D eigenvalue weighted by atomic mass is 32.2. The van der Waals surface area contributed by atoms with Crippen molar-refractivity contribution in [3.05, 3.63) is 94.7 Å². The molecule has 0 radical (unpaired) electrons.